The van der Waals surface area contributed by atoms with E-state index in [9.17, 15) is 22.0 Å². The minimum atomic E-state index is -3.52. The molecule has 0 aliphatic heterocycles. The zero-order chi connectivity index (χ0) is 20.3. The molecule has 0 bridgehead atoms. The lowest BCUT2D eigenvalue weighted by Crippen LogP contribution is -2.20. The number of ether oxygens (including phenoxy) is 1. The molecule has 0 N–H and O–H groups in total. The van der Waals surface area contributed by atoms with Crippen molar-refractivity contribution in [1.29, 1.82) is 0 Å². The van der Waals surface area contributed by atoms with Gasteiger partial charge in [0.25, 0.3) is 0 Å². The van der Waals surface area contributed by atoms with E-state index in [0.717, 1.165) is 49.3 Å². The maximum atomic E-state index is 14.3. The Morgan fingerprint density at radius 1 is 0.929 bits per heavy atom. The second-order valence-electron chi connectivity index (χ2n) is 7.57. The van der Waals surface area contributed by atoms with Crippen LogP contribution in [0.4, 0.5) is 22.0 Å². The molecule has 1 saturated carbocycles. The molecule has 0 amide bonds. The molecular weight excluding hydrogens is 375 g/mol. The standard InChI is InChI=1S/C22H23F5O/c1-14-2-4-16(5-3-14)17-6-8-18(9-7-17)22(26,27)28-11-10-15-12-19(23)21(25)20(24)13-15/h6-9,12-14,16H,2-5,10-11H2,1H3. The third kappa shape index (κ3) is 4.90. The molecule has 2 aromatic rings. The van der Waals surface area contributed by atoms with Crippen molar-refractivity contribution < 1.29 is 26.7 Å². The smallest absolute Gasteiger partial charge is 0.316 e. The van der Waals surface area contributed by atoms with Gasteiger partial charge in [0.1, 0.15) is 0 Å². The molecule has 28 heavy (non-hydrogen) atoms. The third-order valence-electron chi connectivity index (χ3n) is 5.45. The van der Waals surface area contributed by atoms with Gasteiger partial charge in [0, 0.05) is 0 Å². The van der Waals surface area contributed by atoms with Crippen molar-refractivity contribution in [2.24, 2.45) is 5.92 Å². The van der Waals surface area contributed by atoms with E-state index >= 15 is 0 Å². The summed E-state index contributed by atoms with van der Waals surface area (Å²) < 4.78 is 72.5. The van der Waals surface area contributed by atoms with Crippen LogP contribution in [0.5, 0.6) is 0 Å². The van der Waals surface area contributed by atoms with Crippen molar-refractivity contribution in [1.82, 2.24) is 0 Å². The largest absolute Gasteiger partial charge is 0.383 e. The van der Waals surface area contributed by atoms with Crippen LogP contribution in [0.2, 0.25) is 0 Å². The second-order valence-corrected chi connectivity index (χ2v) is 7.57. The lowest BCUT2D eigenvalue weighted by molar-refractivity contribution is -0.248. The predicted octanol–water partition coefficient (Wildman–Crippen LogP) is 6.71. The molecule has 1 aliphatic carbocycles. The molecule has 0 heterocycles. The van der Waals surface area contributed by atoms with Crippen LogP contribution in [0, 0.1) is 23.4 Å². The summed E-state index contributed by atoms with van der Waals surface area (Å²) in [6.45, 7) is 1.77. The second kappa shape index (κ2) is 8.60. The molecule has 6 heteroatoms. The average Bonchev–Trinajstić information content (AvgIpc) is 2.66. The van der Waals surface area contributed by atoms with Gasteiger partial charge in [-0.2, -0.15) is 8.78 Å². The summed E-state index contributed by atoms with van der Waals surface area (Å²) >= 11 is 0. The Morgan fingerprint density at radius 2 is 1.50 bits per heavy atom. The van der Waals surface area contributed by atoms with Gasteiger partial charge in [-0.3, -0.25) is 0 Å². The molecule has 2 aromatic carbocycles. The Morgan fingerprint density at radius 3 is 2.07 bits per heavy atom. The van der Waals surface area contributed by atoms with Crippen molar-refractivity contribution in [3.8, 4) is 0 Å². The third-order valence-corrected chi connectivity index (χ3v) is 5.45. The van der Waals surface area contributed by atoms with Gasteiger partial charge in [0.15, 0.2) is 17.5 Å². The number of halogens is 5. The first kappa shape index (κ1) is 20.8. The van der Waals surface area contributed by atoms with Crippen LogP contribution in [-0.4, -0.2) is 6.61 Å². The lowest BCUT2D eigenvalue weighted by atomic mass is 9.79. The number of alkyl halides is 2. The van der Waals surface area contributed by atoms with Gasteiger partial charge >= 0.3 is 6.11 Å². The van der Waals surface area contributed by atoms with Crippen molar-refractivity contribution in [2.75, 3.05) is 6.61 Å². The Kier molecular flexibility index (Phi) is 6.38. The van der Waals surface area contributed by atoms with Gasteiger partial charge in [-0.15, -0.1) is 0 Å². The summed E-state index contributed by atoms with van der Waals surface area (Å²) in [7, 11) is 0. The molecule has 3 rings (SSSR count). The van der Waals surface area contributed by atoms with Gasteiger partial charge < -0.3 is 4.74 Å². The summed E-state index contributed by atoms with van der Waals surface area (Å²) in [5.41, 5.74) is 0.842. The summed E-state index contributed by atoms with van der Waals surface area (Å²) in [4.78, 5) is 0. The summed E-state index contributed by atoms with van der Waals surface area (Å²) in [6, 6.07) is 7.73. The van der Waals surface area contributed by atoms with Crippen LogP contribution in [-0.2, 0) is 17.3 Å². The first-order chi connectivity index (χ1) is 13.3. The number of hydrogen-bond acceptors (Lipinski definition) is 1. The van der Waals surface area contributed by atoms with E-state index in [1.54, 1.807) is 12.1 Å². The first-order valence-electron chi connectivity index (χ1n) is 9.52. The fraction of sp³-hybridized carbons (Fsp3) is 0.455. The molecule has 152 valence electrons. The summed E-state index contributed by atoms with van der Waals surface area (Å²) in [6.07, 6.45) is 0.752. The highest BCUT2D eigenvalue weighted by Gasteiger charge is 2.33. The predicted molar refractivity (Wildman–Crippen MR) is 96.7 cm³/mol. The van der Waals surface area contributed by atoms with Crippen LogP contribution >= 0.6 is 0 Å². The van der Waals surface area contributed by atoms with E-state index in [0.29, 0.717) is 5.92 Å². The SMILES string of the molecule is CC1CCC(c2ccc(C(F)(F)OCCc3cc(F)c(F)c(F)c3)cc2)CC1. The fourth-order valence-electron chi connectivity index (χ4n) is 3.68. The normalized spacial score (nSPS) is 20.4. The van der Waals surface area contributed by atoms with Crippen molar-refractivity contribution in [3.05, 3.63) is 70.5 Å². The molecular formula is C22H23F5O. The van der Waals surface area contributed by atoms with Crippen LogP contribution in [0.1, 0.15) is 55.2 Å². The van der Waals surface area contributed by atoms with Gasteiger partial charge in [-0.05, 0) is 54.4 Å². The Labute approximate surface area is 161 Å². The molecule has 0 saturated heterocycles. The highest BCUT2D eigenvalue weighted by molar-refractivity contribution is 5.27. The Balaban J connectivity index is 1.58. The van der Waals surface area contributed by atoms with Gasteiger partial charge in [0.2, 0.25) is 0 Å². The quantitative estimate of drug-likeness (QED) is 0.388. The minimum Gasteiger partial charge on any atom is -0.316 e. The number of hydrogen-bond donors (Lipinski definition) is 0. The molecule has 1 nitrogen and oxygen atoms in total. The molecule has 0 aromatic heterocycles. The van der Waals surface area contributed by atoms with E-state index in [1.807, 2.05) is 0 Å². The van der Waals surface area contributed by atoms with Crippen LogP contribution in [0.3, 0.4) is 0 Å². The van der Waals surface area contributed by atoms with Crippen LogP contribution < -0.4 is 0 Å². The highest BCUT2D eigenvalue weighted by Crippen LogP contribution is 2.37. The van der Waals surface area contributed by atoms with E-state index in [4.69, 9.17) is 0 Å². The summed E-state index contributed by atoms with van der Waals surface area (Å²) in [5, 5.41) is 0. The van der Waals surface area contributed by atoms with E-state index in [1.165, 1.54) is 12.1 Å². The van der Waals surface area contributed by atoms with Crippen molar-refractivity contribution >= 4 is 0 Å². The monoisotopic (exact) mass is 398 g/mol. The highest BCUT2D eigenvalue weighted by atomic mass is 19.3. The molecule has 0 spiro atoms. The first-order valence-corrected chi connectivity index (χ1v) is 9.52. The Bertz CT molecular complexity index is 772. The maximum absolute atomic E-state index is 14.3. The zero-order valence-corrected chi connectivity index (χ0v) is 15.7. The lowest BCUT2D eigenvalue weighted by Gasteiger charge is -2.27. The number of rotatable bonds is 6. The van der Waals surface area contributed by atoms with Crippen LogP contribution in [0.15, 0.2) is 36.4 Å². The van der Waals surface area contributed by atoms with Gasteiger partial charge in [0.05, 0.1) is 12.2 Å². The molecule has 0 radical (unpaired) electrons. The zero-order valence-electron chi connectivity index (χ0n) is 15.7. The van der Waals surface area contributed by atoms with Gasteiger partial charge in [-0.1, -0.05) is 44.0 Å². The van der Waals surface area contributed by atoms with Crippen molar-refractivity contribution in [3.63, 3.8) is 0 Å². The van der Waals surface area contributed by atoms with Crippen LogP contribution in [0.25, 0.3) is 0 Å². The average molecular weight is 398 g/mol. The van der Waals surface area contributed by atoms with Crippen molar-refractivity contribution in [2.45, 2.75) is 51.1 Å². The van der Waals surface area contributed by atoms with E-state index < -0.39 is 30.2 Å². The van der Waals surface area contributed by atoms with E-state index in [-0.39, 0.29) is 17.5 Å². The number of benzene rings is 2. The van der Waals surface area contributed by atoms with E-state index in [2.05, 4.69) is 11.7 Å². The maximum Gasteiger partial charge on any atom is 0.383 e. The fourth-order valence-corrected chi connectivity index (χ4v) is 3.68. The molecule has 1 fully saturated rings. The van der Waals surface area contributed by atoms with Gasteiger partial charge in [-0.25, -0.2) is 13.2 Å². The topological polar surface area (TPSA) is 9.23 Å². The summed E-state index contributed by atoms with van der Waals surface area (Å²) in [5.74, 6) is -3.16. The molecule has 0 unspecified atom stereocenters. The Hall–Kier alpha value is -1.95. The molecule has 1 aliphatic rings. The molecule has 0 atom stereocenters. The minimum absolute atomic E-state index is 0.0501.